The maximum Gasteiger partial charge on any atom is 0.248 e. The van der Waals surface area contributed by atoms with Gasteiger partial charge in [0, 0.05) is 17.4 Å². The predicted molar refractivity (Wildman–Crippen MR) is 105 cm³/mol. The van der Waals surface area contributed by atoms with Crippen LogP contribution < -0.4 is 10.6 Å². The second-order valence-corrected chi connectivity index (χ2v) is 6.32. The highest BCUT2D eigenvalue weighted by atomic mass is 79.9. The molecular weight excluding hydrogens is 396 g/mol. The van der Waals surface area contributed by atoms with Gasteiger partial charge in [-0.3, -0.25) is 9.59 Å². The molecule has 0 heterocycles. The summed E-state index contributed by atoms with van der Waals surface area (Å²) >= 11 is 3.19. The van der Waals surface area contributed by atoms with E-state index in [1.165, 1.54) is 0 Å². The van der Waals surface area contributed by atoms with E-state index in [0.717, 1.165) is 5.56 Å². The van der Waals surface area contributed by atoms with Crippen LogP contribution in [0.5, 0.6) is 5.75 Å². The lowest BCUT2D eigenvalue weighted by Gasteiger charge is -2.19. The molecule has 0 spiro atoms. The molecule has 3 N–H and O–H groups in total. The third-order valence-corrected chi connectivity index (χ3v) is 4.48. The molecule has 0 bridgehead atoms. The summed E-state index contributed by atoms with van der Waals surface area (Å²) in [5.74, 6) is -0.452. The molecule has 0 aromatic heterocycles. The van der Waals surface area contributed by atoms with Gasteiger partial charge in [-0.25, -0.2) is 0 Å². The van der Waals surface area contributed by atoms with E-state index in [0.29, 0.717) is 29.4 Å². The van der Waals surface area contributed by atoms with Crippen molar-refractivity contribution in [2.75, 3.05) is 11.9 Å². The van der Waals surface area contributed by atoms with Gasteiger partial charge < -0.3 is 15.7 Å². The third-order valence-electron chi connectivity index (χ3n) is 3.80. The first kappa shape index (κ1) is 19.7. The Morgan fingerprint density at radius 2 is 1.73 bits per heavy atom. The van der Waals surface area contributed by atoms with E-state index < -0.39 is 6.04 Å². The van der Waals surface area contributed by atoms with Crippen LogP contribution in [-0.4, -0.2) is 28.8 Å². The fourth-order valence-corrected chi connectivity index (χ4v) is 2.59. The molecule has 2 amide bonds. The first-order valence-corrected chi connectivity index (χ1v) is 9.28. The number of benzene rings is 2. The van der Waals surface area contributed by atoms with Crippen LogP contribution in [0.4, 0.5) is 0 Å². The predicted octanol–water partition coefficient (Wildman–Crippen LogP) is 2.86. The zero-order valence-corrected chi connectivity index (χ0v) is 15.8. The van der Waals surface area contributed by atoms with E-state index in [1.54, 1.807) is 36.4 Å². The molecule has 2 aromatic rings. The average Bonchev–Trinajstić information content (AvgIpc) is 2.67. The van der Waals surface area contributed by atoms with Gasteiger partial charge in [-0.05, 0) is 29.7 Å². The first-order valence-electron chi connectivity index (χ1n) is 8.16. The molecule has 0 aliphatic rings. The van der Waals surface area contributed by atoms with Crippen molar-refractivity contribution in [3.63, 3.8) is 0 Å². The van der Waals surface area contributed by atoms with Gasteiger partial charge in [-0.15, -0.1) is 0 Å². The lowest BCUT2D eigenvalue weighted by atomic mass is 10.1. The highest BCUT2D eigenvalue weighted by molar-refractivity contribution is 9.09. The Hall–Kier alpha value is -2.60. The fraction of sp³-hybridized carbons (Fsp3) is 0.200. The molecule has 0 saturated heterocycles. The SMILES string of the molecule is C=C(CBr)C(=O)NC(C(=O)NCCc1ccc(O)cc1)c1ccccc1. The lowest BCUT2D eigenvalue weighted by molar-refractivity contribution is -0.127. The zero-order valence-electron chi connectivity index (χ0n) is 14.2. The molecule has 0 saturated carbocycles. The van der Waals surface area contributed by atoms with E-state index in [-0.39, 0.29) is 17.6 Å². The van der Waals surface area contributed by atoms with E-state index in [9.17, 15) is 14.7 Å². The summed E-state index contributed by atoms with van der Waals surface area (Å²) < 4.78 is 0. The number of alkyl halides is 1. The molecule has 0 radical (unpaired) electrons. The number of halogens is 1. The van der Waals surface area contributed by atoms with E-state index >= 15 is 0 Å². The molecule has 0 aliphatic carbocycles. The smallest absolute Gasteiger partial charge is 0.248 e. The van der Waals surface area contributed by atoms with Crippen LogP contribution in [0.25, 0.3) is 0 Å². The van der Waals surface area contributed by atoms with Crippen LogP contribution in [0, 0.1) is 0 Å². The molecule has 136 valence electrons. The number of phenolic OH excluding ortho intramolecular Hbond substituents is 1. The summed E-state index contributed by atoms with van der Waals surface area (Å²) in [7, 11) is 0. The Kier molecular flexibility index (Phi) is 7.41. The van der Waals surface area contributed by atoms with Crippen LogP contribution in [0.15, 0.2) is 66.7 Å². The number of nitrogens with one attached hydrogen (secondary N) is 2. The van der Waals surface area contributed by atoms with Crippen LogP contribution >= 0.6 is 15.9 Å². The Morgan fingerprint density at radius 3 is 2.35 bits per heavy atom. The van der Waals surface area contributed by atoms with Crippen molar-refractivity contribution in [2.45, 2.75) is 12.5 Å². The number of rotatable bonds is 8. The Labute approximate surface area is 161 Å². The minimum absolute atomic E-state index is 0.205. The second kappa shape index (κ2) is 9.77. The number of carbonyl (C=O) groups excluding carboxylic acids is 2. The molecule has 1 unspecified atom stereocenters. The molecular formula is C20H21BrN2O3. The summed E-state index contributed by atoms with van der Waals surface area (Å²) in [6.45, 7) is 4.10. The lowest BCUT2D eigenvalue weighted by Crippen LogP contribution is -2.41. The van der Waals surface area contributed by atoms with Crippen LogP contribution in [0.1, 0.15) is 17.2 Å². The van der Waals surface area contributed by atoms with Gasteiger partial charge in [-0.1, -0.05) is 65.0 Å². The fourth-order valence-electron chi connectivity index (χ4n) is 2.33. The first-order chi connectivity index (χ1) is 12.5. The van der Waals surface area contributed by atoms with Crippen molar-refractivity contribution in [2.24, 2.45) is 0 Å². The van der Waals surface area contributed by atoms with Crippen molar-refractivity contribution < 1.29 is 14.7 Å². The van der Waals surface area contributed by atoms with Gasteiger partial charge in [0.1, 0.15) is 11.8 Å². The Balaban J connectivity index is 2.01. The third kappa shape index (κ3) is 5.74. The molecule has 6 heteroatoms. The topological polar surface area (TPSA) is 78.4 Å². The standard InChI is InChI=1S/C20H21BrN2O3/c1-14(13-21)19(25)23-18(16-5-3-2-4-6-16)20(26)22-12-11-15-7-9-17(24)10-8-15/h2-10,18,24H,1,11-13H2,(H,22,26)(H,23,25). The van der Waals surface area contributed by atoms with Crippen molar-refractivity contribution in [1.29, 1.82) is 0 Å². The molecule has 26 heavy (non-hydrogen) atoms. The molecule has 0 aliphatic heterocycles. The largest absolute Gasteiger partial charge is 0.508 e. The van der Waals surface area contributed by atoms with Gasteiger partial charge in [-0.2, -0.15) is 0 Å². The van der Waals surface area contributed by atoms with Crippen molar-refractivity contribution in [3.05, 3.63) is 77.9 Å². The number of carbonyl (C=O) groups is 2. The molecule has 0 fully saturated rings. The summed E-state index contributed by atoms with van der Waals surface area (Å²) in [6, 6.07) is 15.1. The minimum Gasteiger partial charge on any atom is -0.508 e. The summed E-state index contributed by atoms with van der Waals surface area (Å²) in [4.78, 5) is 24.8. The Bertz CT molecular complexity index is 760. The van der Waals surface area contributed by atoms with E-state index in [2.05, 4.69) is 33.1 Å². The molecule has 5 nitrogen and oxygen atoms in total. The van der Waals surface area contributed by atoms with Crippen LogP contribution in [-0.2, 0) is 16.0 Å². The number of aromatic hydroxyl groups is 1. The van der Waals surface area contributed by atoms with Crippen LogP contribution in [0.2, 0.25) is 0 Å². The maximum atomic E-state index is 12.6. The Morgan fingerprint density at radius 1 is 1.08 bits per heavy atom. The molecule has 1 atom stereocenters. The van der Waals surface area contributed by atoms with E-state index in [1.807, 2.05) is 18.2 Å². The minimum atomic E-state index is -0.792. The highest BCUT2D eigenvalue weighted by Gasteiger charge is 2.23. The number of phenols is 1. The van der Waals surface area contributed by atoms with Crippen molar-refractivity contribution in [1.82, 2.24) is 10.6 Å². The van der Waals surface area contributed by atoms with Gasteiger partial charge >= 0.3 is 0 Å². The van der Waals surface area contributed by atoms with Gasteiger partial charge in [0.05, 0.1) is 0 Å². The molecule has 2 rings (SSSR count). The van der Waals surface area contributed by atoms with Gasteiger partial charge in [0.2, 0.25) is 11.8 Å². The average molecular weight is 417 g/mol. The van der Waals surface area contributed by atoms with Gasteiger partial charge in [0.25, 0.3) is 0 Å². The molecule has 2 aromatic carbocycles. The zero-order chi connectivity index (χ0) is 18.9. The maximum absolute atomic E-state index is 12.6. The summed E-state index contributed by atoms with van der Waals surface area (Å²) in [5.41, 5.74) is 2.05. The summed E-state index contributed by atoms with van der Waals surface area (Å²) in [5, 5.41) is 15.2. The van der Waals surface area contributed by atoms with Crippen molar-refractivity contribution in [3.8, 4) is 5.75 Å². The van der Waals surface area contributed by atoms with Crippen molar-refractivity contribution >= 4 is 27.7 Å². The quantitative estimate of drug-likeness (QED) is 0.457. The number of hydrogen-bond acceptors (Lipinski definition) is 3. The normalized spacial score (nSPS) is 11.4. The monoisotopic (exact) mass is 416 g/mol. The van der Waals surface area contributed by atoms with Gasteiger partial charge in [0.15, 0.2) is 0 Å². The number of amides is 2. The van der Waals surface area contributed by atoms with Crippen LogP contribution in [0.3, 0.4) is 0 Å². The van der Waals surface area contributed by atoms with E-state index in [4.69, 9.17) is 0 Å². The summed E-state index contributed by atoms with van der Waals surface area (Å²) in [6.07, 6.45) is 0.621. The number of hydrogen-bond donors (Lipinski definition) is 3. The second-order valence-electron chi connectivity index (χ2n) is 5.76. The highest BCUT2D eigenvalue weighted by Crippen LogP contribution is 2.14.